The van der Waals surface area contributed by atoms with E-state index in [1.165, 1.54) is 6.33 Å². The van der Waals surface area contributed by atoms with E-state index in [4.69, 9.17) is 4.74 Å². The Hall–Kier alpha value is -1.82. The van der Waals surface area contributed by atoms with Gasteiger partial charge in [0.1, 0.15) is 28.2 Å². The molecule has 0 radical (unpaired) electrons. The number of methoxy groups -OCH3 is 1. The van der Waals surface area contributed by atoms with E-state index in [0.717, 1.165) is 21.7 Å². The van der Waals surface area contributed by atoms with Gasteiger partial charge >= 0.3 is 0 Å². The minimum atomic E-state index is 0.697. The number of hydrogen-bond acceptors (Lipinski definition) is 5. The predicted molar refractivity (Wildman–Crippen MR) is 75.6 cm³/mol. The molecule has 1 aromatic heterocycles. The zero-order valence-electron chi connectivity index (χ0n) is 10.1. The fourth-order valence-corrected chi connectivity index (χ4v) is 1.97. The highest BCUT2D eigenvalue weighted by molar-refractivity contribution is 9.10. The molecule has 0 saturated carbocycles. The van der Waals surface area contributed by atoms with Crippen LogP contribution in [-0.4, -0.2) is 24.1 Å². The third-order valence-corrected chi connectivity index (χ3v) is 3.11. The standard InChI is InChI=1S/C12H13BrN4O/c1-14-11-10(13)12(16-7-15-11)17-8-4-3-5-9(6-8)18-2/h3-7H,1-2H3,(H2,14,15,16,17). The topological polar surface area (TPSA) is 59.1 Å². The van der Waals surface area contributed by atoms with Gasteiger partial charge in [0.2, 0.25) is 0 Å². The zero-order chi connectivity index (χ0) is 13.0. The predicted octanol–water partition coefficient (Wildman–Crippen LogP) is 3.03. The van der Waals surface area contributed by atoms with Crippen molar-refractivity contribution in [2.75, 3.05) is 24.8 Å². The average Bonchev–Trinajstić information content (AvgIpc) is 2.41. The summed E-state index contributed by atoms with van der Waals surface area (Å²) >= 11 is 3.45. The second kappa shape index (κ2) is 5.68. The minimum Gasteiger partial charge on any atom is -0.497 e. The van der Waals surface area contributed by atoms with Crippen LogP contribution < -0.4 is 15.4 Å². The lowest BCUT2D eigenvalue weighted by molar-refractivity contribution is 0.415. The number of ether oxygens (including phenoxy) is 1. The molecule has 2 rings (SSSR count). The molecule has 0 bridgehead atoms. The van der Waals surface area contributed by atoms with Gasteiger partial charge in [-0.15, -0.1) is 0 Å². The molecule has 0 amide bonds. The third kappa shape index (κ3) is 2.70. The first-order valence-corrected chi connectivity index (χ1v) is 6.13. The van der Waals surface area contributed by atoms with E-state index in [0.29, 0.717) is 5.82 Å². The highest BCUT2D eigenvalue weighted by Gasteiger charge is 2.07. The van der Waals surface area contributed by atoms with Crippen molar-refractivity contribution in [3.63, 3.8) is 0 Å². The van der Waals surface area contributed by atoms with Crippen molar-refractivity contribution in [2.24, 2.45) is 0 Å². The van der Waals surface area contributed by atoms with Crippen molar-refractivity contribution >= 4 is 33.3 Å². The van der Waals surface area contributed by atoms with Gasteiger partial charge in [0.25, 0.3) is 0 Å². The molecule has 2 aromatic rings. The molecule has 2 N–H and O–H groups in total. The van der Waals surface area contributed by atoms with E-state index >= 15 is 0 Å². The zero-order valence-corrected chi connectivity index (χ0v) is 11.7. The van der Waals surface area contributed by atoms with Crippen molar-refractivity contribution in [2.45, 2.75) is 0 Å². The van der Waals surface area contributed by atoms with Gasteiger partial charge in [-0.05, 0) is 28.1 Å². The number of nitrogens with one attached hydrogen (secondary N) is 2. The molecule has 1 heterocycles. The summed E-state index contributed by atoms with van der Waals surface area (Å²) in [6, 6.07) is 7.64. The first-order valence-electron chi connectivity index (χ1n) is 5.34. The number of halogens is 1. The Labute approximate surface area is 114 Å². The molecule has 0 aliphatic carbocycles. The molecule has 0 saturated heterocycles. The van der Waals surface area contributed by atoms with E-state index in [1.54, 1.807) is 7.11 Å². The van der Waals surface area contributed by atoms with Gasteiger partial charge in [0.05, 0.1) is 7.11 Å². The normalized spacial score (nSPS) is 9.94. The molecular formula is C12H13BrN4O. The van der Waals surface area contributed by atoms with Crippen molar-refractivity contribution < 1.29 is 4.74 Å². The summed E-state index contributed by atoms with van der Waals surface area (Å²) in [4.78, 5) is 8.29. The van der Waals surface area contributed by atoms with Gasteiger partial charge in [-0.3, -0.25) is 0 Å². The van der Waals surface area contributed by atoms with E-state index < -0.39 is 0 Å². The molecule has 0 fully saturated rings. The second-order valence-electron chi connectivity index (χ2n) is 3.49. The molecule has 5 nitrogen and oxygen atoms in total. The van der Waals surface area contributed by atoms with Crippen LogP contribution in [0.3, 0.4) is 0 Å². The Morgan fingerprint density at radius 3 is 2.72 bits per heavy atom. The Kier molecular flexibility index (Phi) is 3.99. The molecule has 1 aromatic carbocycles. The van der Waals surface area contributed by atoms with Crippen LogP contribution in [0.5, 0.6) is 5.75 Å². The smallest absolute Gasteiger partial charge is 0.150 e. The van der Waals surface area contributed by atoms with Crippen LogP contribution in [0.15, 0.2) is 35.1 Å². The first-order chi connectivity index (χ1) is 8.74. The van der Waals surface area contributed by atoms with E-state index in [-0.39, 0.29) is 0 Å². The average molecular weight is 309 g/mol. The lowest BCUT2D eigenvalue weighted by Crippen LogP contribution is -2.00. The van der Waals surface area contributed by atoms with Crippen LogP contribution in [0.25, 0.3) is 0 Å². The SMILES string of the molecule is CNc1ncnc(Nc2cccc(OC)c2)c1Br. The largest absolute Gasteiger partial charge is 0.497 e. The van der Waals surface area contributed by atoms with Gasteiger partial charge in [-0.1, -0.05) is 6.07 Å². The fourth-order valence-electron chi connectivity index (χ4n) is 1.47. The fraction of sp³-hybridized carbons (Fsp3) is 0.167. The van der Waals surface area contributed by atoms with Crippen molar-refractivity contribution in [3.05, 3.63) is 35.1 Å². The van der Waals surface area contributed by atoms with Gasteiger partial charge < -0.3 is 15.4 Å². The van der Waals surface area contributed by atoms with Crippen LogP contribution >= 0.6 is 15.9 Å². The number of hydrogen-bond donors (Lipinski definition) is 2. The molecular weight excluding hydrogens is 296 g/mol. The molecule has 0 spiro atoms. The highest BCUT2D eigenvalue weighted by Crippen LogP contribution is 2.29. The summed E-state index contributed by atoms with van der Waals surface area (Å²) in [6.45, 7) is 0. The van der Waals surface area contributed by atoms with E-state index in [9.17, 15) is 0 Å². The first kappa shape index (κ1) is 12.6. The molecule has 94 valence electrons. The van der Waals surface area contributed by atoms with Crippen LogP contribution in [0, 0.1) is 0 Å². The maximum absolute atomic E-state index is 5.17. The number of rotatable bonds is 4. The van der Waals surface area contributed by atoms with Crippen LogP contribution in [0.4, 0.5) is 17.3 Å². The number of anilines is 3. The maximum Gasteiger partial charge on any atom is 0.150 e. The maximum atomic E-state index is 5.17. The van der Waals surface area contributed by atoms with E-state index in [2.05, 4.69) is 36.5 Å². The number of nitrogens with zero attached hydrogens (tertiary/aromatic N) is 2. The molecule has 0 aliphatic heterocycles. The third-order valence-electron chi connectivity index (χ3n) is 2.36. The summed E-state index contributed by atoms with van der Waals surface area (Å²) in [5, 5.41) is 6.18. The lowest BCUT2D eigenvalue weighted by Gasteiger charge is -2.10. The highest BCUT2D eigenvalue weighted by atomic mass is 79.9. The van der Waals surface area contributed by atoms with Crippen molar-refractivity contribution in [1.29, 1.82) is 0 Å². The molecule has 0 atom stereocenters. The molecule has 6 heteroatoms. The Morgan fingerprint density at radius 1 is 1.22 bits per heavy atom. The summed E-state index contributed by atoms with van der Waals surface area (Å²) in [5.74, 6) is 2.22. The van der Waals surface area contributed by atoms with Gasteiger partial charge in [0, 0.05) is 18.8 Å². The Morgan fingerprint density at radius 2 is 2.00 bits per heavy atom. The summed E-state index contributed by atoms with van der Waals surface area (Å²) in [7, 11) is 3.45. The molecule has 0 aliphatic rings. The van der Waals surface area contributed by atoms with Crippen LogP contribution in [0.2, 0.25) is 0 Å². The lowest BCUT2D eigenvalue weighted by atomic mass is 10.3. The van der Waals surface area contributed by atoms with Crippen molar-refractivity contribution in [3.8, 4) is 5.75 Å². The Bertz CT molecular complexity index is 547. The van der Waals surface area contributed by atoms with Gasteiger partial charge in [-0.25, -0.2) is 9.97 Å². The quantitative estimate of drug-likeness (QED) is 0.909. The van der Waals surface area contributed by atoms with Crippen molar-refractivity contribution in [1.82, 2.24) is 9.97 Å². The van der Waals surface area contributed by atoms with Crippen LogP contribution in [0.1, 0.15) is 0 Å². The summed E-state index contributed by atoms with van der Waals surface area (Å²) in [6.07, 6.45) is 1.50. The van der Waals surface area contributed by atoms with E-state index in [1.807, 2.05) is 31.3 Å². The summed E-state index contributed by atoms with van der Waals surface area (Å²) < 4.78 is 5.96. The van der Waals surface area contributed by atoms with Gasteiger partial charge in [-0.2, -0.15) is 0 Å². The summed E-state index contributed by atoms with van der Waals surface area (Å²) in [5.41, 5.74) is 0.899. The van der Waals surface area contributed by atoms with Crippen LogP contribution in [-0.2, 0) is 0 Å². The second-order valence-corrected chi connectivity index (χ2v) is 4.28. The Balaban J connectivity index is 2.28. The molecule has 18 heavy (non-hydrogen) atoms. The number of benzene rings is 1. The van der Waals surface area contributed by atoms with Gasteiger partial charge in [0.15, 0.2) is 0 Å². The number of aromatic nitrogens is 2. The minimum absolute atomic E-state index is 0.697. The molecule has 0 unspecified atom stereocenters. The monoisotopic (exact) mass is 308 g/mol.